The Labute approximate surface area is 118 Å². The Balaban J connectivity index is 1.79. The van der Waals surface area contributed by atoms with Crippen LogP contribution in [-0.4, -0.2) is 24.1 Å². The quantitative estimate of drug-likeness (QED) is 0.728. The van der Waals surface area contributed by atoms with Gasteiger partial charge < -0.3 is 9.13 Å². The fourth-order valence-electron chi connectivity index (χ4n) is 2.20. The van der Waals surface area contributed by atoms with Crippen LogP contribution in [0.5, 0.6) is 0 Å². The maximum Gasteiger partial charge on any atom is 0.105 e. The van der Waals surface area contributed by atoms with Gasteiger partial charge in [0, 0.05) is 24.8 Å². The van der Waals surface area contributed by atoms with Crippen LogP contribution in [0.25, 0.3) is 0 Å². The molecule has 0 amide bonds. The zero-order valence-corrected chi connectivity index (χ0v) is 11.7. The molecular weight excluding hydrogens is 250 g/mol. The van der Waals surface area contributed by atoms with Crippen LogP contribution in [0, 0.1) is 13.8 Å². The van der Waals surface area contributed by atoms with Gasteiger partial charge in [0.2, 0.25) is 0 Å². The van der Waals surface area contributed by atoms with Crippen molar-refractivity contribution in [3.05, 3.63) is 66.0 Å². The van der Waals surface area contributed by atoms with Gasteiger partial charge in [0.05, 0.1) is 24.5 Å². The van der Waals surface area contributed by atoms with Crippen LogP contribution in [0.15, 0.2) is 43.0 Å². The Bertz CT molecular complexity index is 653. The third kappa shape index (κ3) is 2.61. The van der Waals surface area contributed by atoms with Gasteiger partial charge in [-0.2, -0.15) is 0 Å². The van der Waals surface area contributed by atoms with E-state index in [0.717, 1.165) is 36.1 Å². The van der Waals surface area contributed by atoms with E-state index in [-0.39, 0.29) is 0 Å². The molecule has 0 N–H and O–H groups in total. The van der Waals surface area contributed by atoms with E-state index in [0.29, 0.717) is 0 Å². The van der Waals surface area contributed by atoms with E-state index in [1.165, 1.54) is 0 Å². The van der Waals surface area contributed by atoms with Gasteiger partial charge >= 0.3 is 0 Å². The lowest BCUT2D eigenvalue weighted by molar-refractivity contribution is 0.709. The molecule has 3 heterocycles. The van der Waals surface area contributed by atoms with E-state index >= 15 is 0 Å². The fraction of sp³-hybridized carbons (Fsp3) is 0.267. The number of hydrogen-bond acceptors (Lipinski definition) is 3. The lowest BCUT2D eigenvalue weighted by Gasteiger charge is -2.08. The third-order valence-corrected chi connectivity index (χ3v) is 3.38. The summed E-state index contributed by atoms with van der Waals surface area (Å²) in [6, 6.07) is 6.14. The first-order chi connectivity index (χ1) is 9.72. The zero-order valence-electron chi connectivity index (χ0n) is 11.7. The van der Waals surface area contributed by atoms with Crippen molar-refractivity contribution >= 4 is 0 Å². The Morgan fingerprint density at radius 3 is 1.75 bits per heavy atom. The van der Waals surface area contributed by atoms with Gasteiger partial charge in [0.1, 0.15) is 11.6 Å². The highest BCUT2D eigenvalue weighted by Gasteiger charge is 2.03. The average Bonchev–Trinajstić information content (AvgIpc) is 3.01. The smallest absolute Gasteiger partial charge is 0.105 e. The Morgan fingerprint density at radius 1 is 0.850 bits per heavy atom. The molecule has 0 aliphatic carbocycles. The summed E-state index contributed by atoms with van der Waals surface area (Å²) < 4.78 is 4.18. The monoisotopic (exact) mass is 267 g/mol. The summed E-state index contributed by atoms with van der Waals surface area (Å²) >= 11 is 0. The minimum Gasteiger partial charge on any atom is -0.329 e. The second-order valence-corrected chi connectivity index (χ2v) is 4.82. The van der Waals surface area contributed by atoms with Gasteiger partial charge in [-0.15, -0.1) is 0 Å². The molecular formula is C15H17N5. The lowest BCUT2D eigenvalue weighted by atomic mass is 10.3. The van der Waals surface area contributed by atoms with Gasteiger partial charge in [-0.25, -0.2) is 9.97 Å². The van der Waals surface area contributed by atoms with Crippen LogP contribution in [-0.2, 0) is 13.1 Å². The lowest BCUT2D eigenvalue weighted by Crippen LogP contribution is -2.07. The third-order valence-electron chi connectivity index (χ3n) is 3.38. The number of imidazole rings is 2. The molecule has 0 aliphatic heterocycles. The molecule has 0 unspecified atom stereocenters. The molecule has 0 fully saturated rings. The number of nitrogens with zero attached hydrogens (tertiary/aromatic N) is 5. The van der Waals surface area contributed by atoms with E-state index in [1.54, 1.807) is 0 Å². The van der Waals surface area contributed by atoms with Crippen molar-refractivity contribution in [3.8, 4) is 0 Å². The number of rotatable bonds is 4. The van der Waals surface area contributed by atoms with Crippen LogP contribution < -0.4 is 0 Å². The normalized spacial score (nSPS) is 10.9. The summed E-state index contributed by atoms with van der Waals surface area (Å²) in [7, 11) is 0. The molecule has 0 saturated carbocycles. The summed E-state index contributed by atoms with van der Waals surface area (Å²) in [5, 5.41) is 0. The first-order valence-electron chi connectivity index (χ1n) is 6.62. The molecule has 5 heteroatoms. The first kappa shape index (κ1) is 12.6. The zero-order chi connectivity index (χ0) is 13.9. The van der Waals surface area contributed by atoms with Gasteiger partial charge in [0.15, 0.2) is 0 Å². The predicted molar refractivity (Wildman–Crippen MR) is 76.4 cm³/mol. The topological polar surface area (TPSA) is 48.5 Å². The molecule has 0 aliphatic rings. The van der Waals surface area contributed by atoms with Crippen molar-refractivity contribution in [2.24, 2.45) is 0 Å². The average molecular weight is 267 g/mol. The van der Waals surface area contributed by atoms with E-state index in [2.05, 4.69) is 25.2 Å². The van der Waals surface area contributed by atoms with Crippen LogP contribution in [0.3, 0.4) is 0 Å². The maximum atomic E-state index is 4.71. The SMILES string of the molecule is Cc1nccn1Cc1cccc(Cn2ccnc2C)n1. The van der Waals surface area contributed by atoms with Gasteiger partial charge in [0.25, 0.3) is 0 Å². The highest BCUT2D eigenvalue weighted by molar-refractivity contribution is 5.13. The number of aromatic nitrogens is 5. The van der Waals surface area contributed by atoms with Crippen molar-refractivity contribution in [2.45, 2.75) is 26.9 Å². The summed E-state index contributed by atoms with van der Waals surface area (Å²) in [6.45, 7) is 5.50. The second kappa shape index (κ2) is 5.28. The van der Waals surface area contributed by atoms with Gasteiger partial charge in [-0.05, 0) is 26.0 Å². The Morgan fingerprint density at radius 2 is 1.35 bits per heavy atom. The highest BCUT2D eigenvalue weighted by Crippen LogP contribution is 2.07. The molecule has 0 spiro atoms. The molecule has 20 heavy (non-hydrogen) atoms. The molecule has 0 atom stereocenters. The number of hydrogen-bond donors (Lipinski definition) is 0. The summed E-state index contributed by atoms with van der Waals surface area (Å²) in [4.78, 5) is 13.2. The number of pyridine rings is 1. The fourth-order valence-corrected chi connectivity index (χ4v) is 2.20. The maximum absolute atomic E-state index is 4.71. The molecule has 0 radical (unpaired) electrons. The molecule has 3 aromatic heterocycles. The van der Waals surface area contributed by atoms with Crippen LogP contribution in [0.2, 0.25) is 0 Å². The first-order valence-corrected chi connectivity index (χ1v) is 6.62. The Hall–Kier alpha value is -2.43. The predicted octanol–water partition coefficient (Wildman–Crippen LogP) is 2.19. The molecule has 0 saturated heterocycles. The molecule has 3 rings (SSSR count). The summed E-state index contributed by atoms with van der Waals surface area (Å²) in [6.07, 6.45) is 7.58. The largest absolute Gasteiger partial charge is 0.329 e. The van der Waals surface area contributed by atoms with Crippen molar-refractivity contribution in [2.75, 3.05) is 0 Å². The Kier molecular flexibility index (Phi) is 3.33. The minimum absolute atomic E-state index is 0.753. The highest BCUT2D eigenvalue weighted by atomic mass is 15.1. The summed E-state index contributed by atoms with van der Waals surface area (Å²) in [5.41, 5.74) is 2.09. The van der Waals surface area contributed by atoms with Gasteiger partial charge in [-0.1, -0.05) is 6.07 Å². The van der Waals surface area contributed by atoms with Gasteiger partial charge in [-0.3, -0.25) is 4.98 Å². The molecule has 0 aromatic carbocycles. The second-order valence-electron chi connectivity index (χ2n) is 4.82. The molecule has 3 aromatic rings. The van der Waals surface area contributed by atoms with Crippen LogP contribution in [0.4, 0.5) is 0 Å². The van der Waals surface area contributed by atoms with Crippen molar-refractivity contribution in [1.82, 2.24) is 24.1 Å². The van der Waals surface area contributed by atoms with E-state index in [9.17, 15) is 0 Å². The molecule has 102 valence electrons. The number of aryl methyl sites for hydroxylation is 2. The minimum atomic E-state index is 0.753. The van der Waals surface area contributed by atoms with Crippen molar-refractivity contribution in [1.29, 1.82) is 0 Å². The van der Waals surface area contributed by atoms with E-state index < -0.39 is 0 Å². The van der Waals surface area contributed by atoms with Crippen LogP contribution in [0.1, 0.15) is 23.0 Å². The van der Waals surface area contributed by atoms with Crippen molar-refractivity contribution in [3.63, 3.8) is 0 Å². The van der Waals surface area contributed by atoms with Crippen LogP contribution >= 0.6 is 0 Å². The van der Waals surface area contributed by atoms with E-state index in [4.69, 9.17) is 4.98 Å². The van der Waals surface area contributed by atoms with E-state index in [1.807, 2.05) is 50.8 Å². The van der Waals surface area contributed by atoms with Crippen molar-refractivity contribution < 1.29 is 0 Å². The molecule has 0 bridgehead atoms. The summed E-state index contributed by atoms with van der Waals surface area (Å²) in [5.74, 6) is 2.00. The molecule has 5 nitrogen and oxygen atoms in total. The standard InChI is InChI=1S/C15H17N5/c1-12-16-6-8-19(12)10-14-4-3-5-15(18-14)11-20-9-7-17-13(20)2/h3-9H,10-11H2,1-2H3.